The molecule has 0 radical (unpaired) electrons. The zero-order valence-corrected chi connectivity index (χ0v) is 14.7. The van der Waals surface area contributed by atoms with Gasteiger partial charge in [-0.05, 0) is 32.9 Å². The number of carbonyl (C=O) groups is 2. The summed E-state index contributed by atoms with van der Waals surface area (Å²) in [7, 11) is 0. The topological polar surface area (TPSA) is 93.5 Å². The molecule has 0 aliphatic carbocycles. The Morgan fingerprint density at radius 3 is 2.71 bits per heavy atom. The van der Waals surface area contributed by atoms with Gasteiger partial charge in [-0.1, -0.05) is 23.9 Å². The number of hydrogen-bond donors (Lipinski definition) is 2. The fourth-order valence-electron chi connectivity index (χ4n) is 2.06. The SMILES string of the molecule is CC(C)(C)OC(=O)NCCSc1nc2ccccc2n1CC(=O)O. The molecule has 0 saturated heterocycles. The maximum Gasteiger partial charge on any atom is 0.407 e. The number of ether oxygens (including phenoxy) is 1. The number of imidazole rings is 1. The van der Waals surface area contributed by atoms with Gasteiger partial charge in [-0.15, -0.1) is 0 Å². The Morgan fingerprint density at radius 2 is 2.04 bits per heavy atom. The van der Waals surface area contributed by atoms with Gasteiger partial charge in [0.05, 0.1) is 11.0 Å². The minimum Gasteiger partial charge on any atom is -0.480 e. The molecule has 7 nitrogen and oxygen atoms in total. The molecule has 0 fully saturated rings. The van der Waals surface area contributed by atoms with Crippen molar-refractivity contribution in [1.82, 2.24) is 14.9 Å². The normalized spacial score (nSPS) is 11.5. The number of alkyl carbamates (subject to hydrolysis) is 1. The molecule has 24 heavy (non-hydrogen) atoms. The molecular weight excluding hydrogens is 330 g/mol. The maximum absolute atomic E-state index is 11.6. The average molecular weight is 351 g/mol. The summed E-state index contributed by atoms with van der Waals surface area (Å²) < 4.78 is 6.82. The van der Waals surface area contributed by atoms with Crippen molar-refractivity contribution in [2.24, 2.45) is 0 Å². The third-order valence-corrected chi connectivity index (χ3v) is 3.89. The van der Waals surface area contributed by atoms with Crippen molar-refractivity contribution < 1.29 is 19.4 Å². The summed E-state index contributed by atoms with van der Waals surface area (Å²) in [6.45, 7) is 5.65. The zero-order valence-electron chi connectivity index (χ0n) is 13.9. The van der Waals surface area contributed by atoms with E-state index >= 15 is 0 Å². The molecule has 1 aromatic heterocycles. The number of thioether (sulfide) groups is 1. The molecule has 1 heterocycles. The molecular formula is C16H21N3O4S. The van der Waals surface area contributed by atoms with E-state index in [1.54, 1.807) is 25.3 Å². The predicted octanol–water partition coefficient (Wildman–Crippen LogP) is 2.74. The van der Waals surface area contributed by atoms with Gasteiger partial charge in [-0.3, -0.25) is 4.79 Å². The molecule has 0 atom stereocenters. The number of aromatic nitrogens is 2. The number of hydrogen-bond acceptors (Lipinski definition) is 5. The first-order valence-corrected chi connectivity index (χ1v) is 8.51. The van der Waals surface area contributed by atoms with E-state index in [2.05, 4.69) is 10.3 Å². The Labute approximate surface area is 144 Å². The third kappa shape index (κ3) is 5.16. The van der Waals surface area contributed by atoms with E-state index < -0.39 is 17.7 Å². The molecule has 1 aromatic carbocycles. The van der Waals surface area contributed by atoms with Gasteiger partial charge in [0, 0.05) is 12.3 Å². The molecule has 0 bridgehead atoms. The number of nitrogens with one attached hydrogen (secondary N) is 1. The van der Waals surface area contributed by atoms with Crippen LogP contribution in [0.5, 0.6) is 0 Å². The molecule has 0 spiro atoms. The Morgan fingerprint density at radius 1 is 1.33 bits per heavy atom. The van der Waals surface area contributed by atoms with Crippen molar-refractivity contribution in [1.29, 1.82) is 0 Å². The molecule has 2 aromatic rings. The van der Waals surface area contributed by atoms with E-state index in [0.717, 1.165) is 11.0 Å². The van der Waals surface area contributed by atoms with Crippen LogP contribution in [0.4, 0.5) is 4.79 Å². The summed E-state index contributed by atoms with van der Waals surface area (Å²) in [5.74, 6) is -0.366. The summed E-state index contributed by atoms with van der Waals surface area (Å²) in [4.78, 5) is 27.1. The number of amides is 1. The largest absolute Gasteiger partial charge is 0.480 e. The van der Waals surface area contributed by atoms with Crippen molar-refractivity contribution in [2.75, 3.05) is 12.3 Å². The highest BCUT2D eigenvalue weighted by Crippen LogP contribution is 2.23. The first-order valence-electron chi connectivity index (χ1n) is 7.53. The van der Waals surface area contributed by atoms with Gasteiger partial charge in [0.1, 0.15) is 12.1 Å². The number of fused-ring (bicyclic) bond motifs is 1. The number of carbonyl (C=O) groups excluding carboxylic acids is 1. The second-order valence-electron chi connectivity index (χ2n) is 6.14. The van der Waals surface area contributed by atoms with Crippen LogP contribution >= 0.6 is 11.8 Å². The van der Waals surface area contributed by atoms with Gasteiger partial charge >= 0.3 is 12.1 Å². The molecule has 0 aliphatic heterocycles. The van der Waals surface area contributed by atoms with E-state index in [1.165, 1.54) is 11.8 Å². The lowest BCUT2D eigenvalue weighted by Crippen LogP contribution is -2.33. The summed E-state index contributed by atoms with van der Waals surface area (Å²) >= 11 is 1.39. The molecule has 0 aliphatic rings. The highest BCUT2D eigenvalue weighted by Gasteiger charge is 2.16. The number of carboxylic acid groups (broad SMARTS) is 1. The highest BCUT2D eigenvalue weighted by molar-refractivity contribution is 7.99. The lowest BCUT2D eigenvalue weighted by atomic mass is 10.2. The predicted molar refractivity (Wildman–Crippen MR) is 92.3 cm³/mol. The Kier molecular flexibility index (Phi) is 5.71. The summed E-state index contributed by atoms with van der Waals surface area (Å²) in [5, 5.41) is 12.4. The number of aliphatic carboxylic acids is 1. The zero-order chi connectivity index (χ0) is 17.7. The number of para-hydroxylation sites is 2. The molecule has 1 amide bonds. The van der Waals surface area contributed by atoms with E-state index in [-0.39, 0.29) is 6.54 Å². The van der Waals surface area contributed by atoms with E-state index in [0.29, 0.717) is 17.5 Å². The van der Waals surface area contributed by atoms with Crippen molar-refractivity contribution in [3.05, 3.63) is 24.3 Å². The van der Waals surface area contributed by atoms with Crippen LogP contribution in [0.2, 0.25) is 0 Å². The van der Waals surface area contributed by atoms with Crippen LogP contribution in [0, 0.1) is 0 Å². The van der Waals surface area contributed by atoms with Gasteiger partial charge in [-0.25, -0.2) is 9.78 Å². The van der Waals surface area contributed by atoms with Gasteiger partial charge < -0.3 is 19.7 Å². The third-order valence-electron chi connectivity index (χ3n) is 2.91. The second-order valence-corrected chi connectivity index (χ2v) is 7.20. The molecule has 0 saturated carbocycles. The first kappa shape index (κ1) is 18.1. The van der Waals surface area contributed by atoms with Crippen molar-refractivity contribution >= 4 is 34.9 Å². The summed E-state index contributed by atoms with van der Waals surface area (Å²) in [6.07, 6.45) is -0.470. The van der Waals surface area contributed by atoms with E-state index in [9.17, 15) is 9.59 Å². The number of benzene rings is 1. The van der Waals surface area contributed by atoms with Crippen LogP contribution in [-0.4, -0.2) is 44.6 Å². The van der Waals surface area contributed by atoms with Crippen molar-refractivity contribution in [3.63, 3.8) is 0 Å². The summed E-state index contributed by atoms with van der Waals surface area (Å²) in [5.41, 5.74) is 0.996. The smallest absolute Gasteiger partial charge is 0.407 e. The Balaban J connectivity index is 1.97. The van der Waals surface area contributed by atoms with Crippen molar-refractivity contribution in [3.8, 4) is 0 Å². The average Bonchev–Trinajstić information content (AvgIpc) is 2.79. The molecule has 2 rings (SSSR count). The van der Waals surface area contributed by atoms with Gasteiger partial charge in [0.15, 0.2) is 5.16 Å². The maximum atomic E-state index is 11.6. The van der Waals surface area contributed by atoms with Crippen LogP contribution in [0.15, 0.2) is 29.4 Å². The van der Waals surface area contributed by atoms with Crippen LogP contribution in [0.3, 0.4) is 0 Å². The highest BCUT2D eigenvalue weighted by atomic mass is 32.2. The second kappa shape index (κ2) is 7.57. The summed E-state index contributed by atoms with van der Waals surface area (Å²) in [6, 6.07) is 7.39. The van der Waals surface area contributed by atoms with Crippen LogP contribution in [0.1, 0.15) is 20.8 Å². The van der Waals surface area contributed by atoms with E-state index in [1.807, 2.05) is 24.3 Å². The quantitative estimate of drug-likeness (QED) is 0.614. The lowest BCUT2D eigenvalue weighted by molar-refractivity contribution is -0.137. The molecule has 8 heteroatoms. The standard InChI is InChI=1S/C16H21N3O4S/c1-16(2,3)23-15(22)17-8-9-24-14-18-11-6-4-5-7-12(11)19(14)10-13(20)21/h4-7H,8-10H2,1-3H3,(H,17,22)(H,20,21). The fourth-order valence-corrected chi connectivity index (χ4v) is 2.93. The number of rotatable bonds is 6. The number of carboxylic acids is 1. The van der Waals surface area contributed by atoms with Crippen LogP contribution in [0.25, 0.3) is 11.0 Å². The minimum atomic E-state index is -0.924. The van der Waals surface area contributed by atoms with Gasteiger partial charge in [0.2, 0.25) is 0 Å². The van der Waals surface area contributed by atoms with Crippen LogP contribution < -0.4 is 5.32 Å². The molecule has 130 valence electrons. The number of nitrogens with zero attached hydrogens (tertiary/aromatic N) is 2. The Bertz CT molecular complexity index is 736. The van der Waals surface area contributed by atoms with Crippen molar-refractivity contribution in [2.45, 2.75) is 38.1 Å². The molecule has 2 N–H and O–H groups in total. The molecule has 0 unspecified atom stereocenters. The Hall–Kier alpha value is -2.22. The van der Waals surface area contributed by atoms with Gasteiger partial charge in [-0.2, -0.15) is 0 Å². The van der Waals surface area contributed by atoms with E-state index in [4.69, 9.17) is 9.84 Å². The minimum absolute atomic E-state index is 0.150. The fraction of sp³-hybridized carbons (Fsp3) is 0.438. The van der Waals surface area contributed by atoms with Crippen LogP contribution in [-0.2, 0) is 16.1 Å². The lowest BCUT2D eigenvalue weighted by Gasteiger charge is -2.19. The van der Waals surface area contributed by atoms with Gasteiger partial charge in [0.25, 0.3) is 0 Å². The monoisotopic (exact) mass is 351 g/mol. The first-order chi connectivity index (χ1) is 11.3.